The molecular weight excluding hydrogens is 416 g/mol. The van der Waals surface area contributed by atoms with E-state index in [2.05, 4.69) is 5.32 Å². The number of carbonyl (C=O) groups excluding carboxylic acids is 2. The van der Waals surface area contributed by atoms with E-state index < -0.39 is 6.10 Å². The molecule has 0 spiro atoms. The Morgan fingerprint density at radius 3 is 2.61 bits per heavy atom. The number of nitrogens with one attached hydrogen (secondary N) is 1. The smallest absolute Gasteiger partial charge is 0.263 e. The van der Waals surface area contributed by atoms with Crippen LogP contribution >= 0.6 is 11.6 Å². The number of benzene rings is 3. The van der Waals surface area contributed by atoms with Gasteiger partial charge >= 0.3 is 0 Å². The van der Waals surface area contributed by atoms with Crippen LogP contribution in [0.5, 0.6) is 11.5 Å². The Balaban J connectivity index is 1.59. The van der Waals surface area contributed by atoms with Crippen LogP contribution in [0.4, 0.5) is 5.69 Å². The molecule has 158 valence electrons. The third-order valence-electron chi connectivity index (χ3n) is 5.01. The first-order valence-electron chi connectivity index (χ1n) is 9.79. The minimum absolute atomic E-state index is 0.0616. The number of methoxy groups -OCH3 is 1. The molecule has 1 N–H and O–H groups in total. The van der Waals surface area contributed by atoms with Gasteiger partial charge < -0.3 is 19.7 Å². The SMILES string of the molecule is COc1ccc(Cl)cc1C(=O)N1C[C@H](C(=O)NCc2ccccc2)Oc2ccccc21. The number of rotatable bonds is 5. The number of ether oxygens (including phenoxy) is 2. The maximum atomic E-state index is 13.4. The first kappa shape index (κ1) is 20.8. The van der Waals surface area contributed by atoms with Crippen molar-refractivity contribution < 1.29 is 19.1 Å². The van der Waals surface area contributed by atoms with Crippen LogP contribution < -0.4 is 19.7 Å². The molecule has 7 heteroatoms. The van der Waals surface area contributed by atoms with E-state index in [4.69, 9.17) is 21.1 Å². The molecule has 1 atom stereocenters. The Morgan fingerprint density at radius 1 is 1.10 bits per heavy atom. The molecule has 1 aliphatic heterocycles. The van der Waals surface area contributed by atoms with Crippen molar-refractivity contribution in [2.75, 3.05) is 18.6 Å². The molecule has 1 heterocycles. The van der Waals surface area contributed by atoms with Gasteiger partial charge in [-0.25, -0.2) is 0 Å². The normalized spacial score (nSPS) is 14.9. The van der Waals surface area contributed by atoms with E-state index in [1.165, 1.54) is 12.0 Å². The maximum absolute atomic E-state index is 13.4. The van der Waals surface area contributed by atoms with E-state index in [1.54, 1.807) is 36.4 Å². The number of halogens is 1. The van der Waals surface area contributed by atoms with Crippen LogP contribution in [0.15, 0.2) is 72.8 Å². The van der Waals surface area contributed by atoms with Crippen LogP contribution in [0.3, 0.4) is 0 Å². The molecule has 4 rings (SSSR count). The van der Waals surface area contributed by atoms with Gasteiger partial charge in [0.25, 0.3) is 11.8 Å². The third-order valence-corrected chi connectivity index (χ3v) is 5.25. The van der Waals surface area contributed by atoms with Crippen LogP contribution in [0.2, 0.25) is 5.02 Å². The van der Waals surface area contributed by atoms with E-state index in [0.29, 0.717) is 34.3 Å². The number of hydrogen-bond acceptors (Lipinski definition) is 4. The minimum atomic E-state index is -0.854. The average molecular weight is 437 g/mol. The quantitative estimate of drug-likeness (QED) is 0.654. The Bertz CT molecular complexity index is 1100. The van der Waals surface area contributed by atoms with Crippen LogP contribution in [0.1, 0.15) is 15.9 Å². The number of anilines is 1. The maximum Gasteiger partial charge on any atom is 0.263 e. The molecule has 0 saturated carbocycles. The molecule has 3 aromatic carbocycles. The number of carbonyl (C=O) groups is 2. The molecule has 0 unspecified atom stereocenters. The van der Waals surface area contributed by atoms with Gasteiger partial charge in [0, 0.05) is 11.6 Å². The number of fused-ring (bicyclic) bond motifs is 1. The fourth-order valence-electron chi connectivity index (χ4n) is 3.45. The molecule has 0 bridgehead atoms. The van der Waals surface area contributed by atoms with Crippen molar-refractivity contribution in [3.63, 3.8) is 0 Å². The predicted molar refractivity (Wildman–Crippen MR) is 119 cm³/mol. The molecular formula is C24H21ClN2O4. The first-order valence-corrected chi connectivity index (χ1v) is 10.2. The van der Waals surface area contributed by atoms with Crippen LogP contribution in [-0.4, -0.2) is 31.6 Å². The van der Waals surface area contributed by atoms with Crippen molar-refractivity contribution in [3.8, 4) is 11.5 Å². The van der Waals surface area contributed by atoms with E-state index >= 15 is 0 Å². The van der Waals surface area contributed by atoms with Gasteiger partial charge in [0.2, 0.25) is 0 Å². The number of hydrogen-bond donors (Lipinski definition) is 1. The van der Waals surface area contributed by atoms with Crippen molar-refractivity contribution in [1.29, 1.82) is 0 Å². The van der Waals surface area contributed by atoms with E-state index in [9.17, 15) is 9.59 Å². The molecule has 6 nitrogen and oxygen atoms in total. The van der Waals surface area contributed by atoms with Gasteiger partial charge in [-0.2, -0.15) is 0 Å². The zero-order valence-electron chi connectivity index (χ0n) is 16.9. The summed E-state index contributed by atoms with van der Waals surface area (Å²) in [6, 6.07) is 21.6. The molecule has 1 aliphatic rings. The van der Waals surface area contributed by atoms with Gasteiger partial charge in [-0.1, -0.05) is 54.1 Å². The average Bonchev–Trinajstić information content (AvgIpc) is 2.82. The lowest BCUT2D eigenvalue weighted by molar-refractivity contribution is -0.127. The summed E-state index contributed by atoms with van der Waals surface area (Å²) < 4.78 is 11.3. The summed E-state index contributed by atoms with van der Waals surface area (Å²) in [5.74, 6) is 0.247. The van der Waals surface area contributed by atoms with Gasteiger partial charge in [-0.05, 0) is 35.9 Å². The van der Waals surface area contributed by atoms with Gasteiger partial charge in [-0.3, -0.25) is 9.59 Å². The van der Waals surface area contributed by atoms with E-state index in [1.807, 2.05) is 36.4 Å². The fraction of sp³-hybridized carbons (Fsp3) is 0.167. The second kappa shape index (κ2) is 9.10. The summed E-state index contributed by atoms with van der Waals surface area (Å²) in [5, 5.41) is 3.30. The molecule has 0 aromatic heterocycles. The lowest BCUT2D eigenvalue weighted by atomic mass is 10.1. The summed E-state index contributed by atoms with van der Waals surface area (Å²) >= 11 is 6.12. The second-order valence-electron chi connectivity index (χ2n) is 7.04. The number of nitrogens with zero attached hydrogens (tertiary/aromatic N) is 1. The summed E-state index contributed by atoms with van der Waals surface area (Å²) in [5.41, 5.74) is 1.88. The highest BCUT2D eigenvalue weighted by atomic mass is 35.5. The predicted octanol–water partition coefficient (Wildman–Crippen LogP) is 4.07. The van der Waals surface area contributed by atoms with Gasteiger partial charge in [0.05, 0.1) is 24.9 Å². The first-order chi connectivity index (χ1) is 15.1. The highest BCUT2D eigenvalue weighted by Gasteiger charge is 2.35. The Hall–Kier alpha value is -3.51. The van der Waals surface area contributed by atoms with Gasteiger partial charge in [0.1, 0.15) is 11.5 Å². The van der Waals surface area contributed by atoms with Crippen LogP contribution in [0, 0.1) is 0 Å². The summed E-state index contributed by atoms with van der Waals surface area (Å²) in [4.78, 5) is 27.8. The molecule has 0 fully saturated rings. The van der Waals surface area contributed by atoms with E-state index in [0.717, 1.165) is 5.56 Å². The lowest BCUT2D eigenvalue weighted by Crippen LogP contribution is -2.50. The topological polar surface area (TPSA) is 67.9 Å². The Kier molecular flexibility index (Phi) is 6.09. The molecule has 31 heavy (non-hydrogen) atoms. The van der Waals surface area contributed by atoms with Crippen molar-refractivity contribution in [2.24, 2.45) is 0 Å². The van der Waals surface area contributed by atoms with Crippen molar-refractivity contribution in [3.05, 3.63) is 88.9 Å². The highest BCUT2D eigenvalue weighted by molar-refractivity contribution is 6.31. The molecule has 0 aliphatic carbocycles. The van der Waals surface area contributed by atoms with Crippen molar-refractivity contribution in [1.82, 2.24) is 5.32 Å². The Labute approximate surface area is 185 Å². The molecule has 3 aromatic rings. The van der Waals surface area contributed by atoms with Gasteiger partial charge in [0.15, 0.2) is 6.10 Å². The summed E-state index contributed by atoms with van der Waals surface area (Å²) in [6.45, 7) is 0.434. The summed E-state index contributed by atoms with van der Waals surface area (Å²) in [7, 11) is 1.49. The van der Waals surface area contributed by atoms with Gasteiger partial charge in [-0.15, -0.1) is 0 Å². The van der Waals surface area contributed by atoms with E-state index in [-0.39, 0.29) is 18.4 Å². The zero-order valence-corrected chi connectivity index (χ0v) is 17.6. The standard InChI is InChI=1S/C24H21ClN2O4/c1-30-20-12-11-17(25)13-18(20)24(29)27-15-22(31-21-10-6-5-9-19(21)27)23(28)26-14-16-7-3-2-4-8-16/h2-13,22H,14-15H2,1H3,(H,26,28)/t22-/m1/s1. The molecule has 0 saturated heterocycles. The third kappa shape index (κ3) is 4.49. The summed E-state index contributed by atoms with van der Waals surface area (Å²) in [6.07, 6.45) is -0.854. The largest absolute Gasteiger partial charge is 0.496 e. The zero-order chi connectivity index (χ0) is 21.8. The van der Waals surface area contributed by atoms with Crippen LogP contribution in [-0.2, 0) is 11.3 Å². The van der Waals surface area contributed by atoms with Crippen molar-refractivity contribution in [2.45, 2.75) is 12.6 Å². The number of amides is 2. The highest BCUT2D eigenvalue weighted by Crippen LogP contribution is 2.35. The van der Waals surface area contributed by atoms with Crippen LogP contribution in [0.25, 0.3) is 0 Å². The number of para-hydroxylation sites is 2. The molecule has 0 radical (unpaired) electrons. The minimum Gasteiger partial charge on any atom is -0.496 e. The monoisotopic (exact) mass is 436 g/mol. The fourth-order valence-corrected chi connectivity index (χ4v) is 3.63. The lowest BCUT2D eigenvalue weighted by Gasteiger charge is -2.34. The second-order valence-corrected chi connectivity index (χ2v) is 7.47. The Morgan fingerprint density at radius 2 is 1.84 bits per heavy atom. The molecule has 2 amide bonds. The van der Waals surface area contributed by atoms with Crippen molar-refractivity contribution >= 4 is 29.1 Å².